The molecule has 0 atom stereocenters. The maximum absolute atomic E-state index is 6.13. The topological polar surface area (TPSA) is 9.23 Å². The third-order valence-corrected chi connectivity index (χ3v) is 7.86. The number of ether oxygens (including phenoxy) is 1. The van der Waals surface area contributed by atoms with E-state index in [0.29, 0.717) is 0 Å². The molecule has 0 saturated heterocycles. The first-order chi connectivity index (χ1) is 18.1. The van der Waals surface area contributed by atoms with Crippen molar-refractivity contribution in [2.75, 3.05) is 52.5 Å². The van der Waals surface area contributed by atoms with Crippen molar-refractivity contribution in [1.82, 2.24) is 0 Å². The lowest BCUT2D eigenvalue weighted by Gasteiger charge is -2.39. The van der Waals surface area contributed by atoms with Crippen LogP contribution in [0.25, 0.3) is 0 Å². The molecular weight excluding hydrogens is 532 g/mol. The highest BCUT2D eigenvalue weighted by Crippen LogP contribution is 2.20. The highest BCUT2D eigenvalue weighted by atomic mass is 79.9. The summed E-state index contributed by atoms with van der Waals surface area (Å²) in [5.41, 5.74) is 2.96. The van der Waals surface area contributed by atoms with Gasteiger partial charge in [0.25, 0.3) is 0 Å². The van der Waals surface area contributed by atoms with Gasteiger partial charge in [-0.25, -0.2) is 0 Å². The second kappa shape index (κ2) is 20.7. The highest BCUT2D eigenvalue weighted by Gasteiger charge is 2.26. The minimum Gasteiger partial charge on any atom is -1.00 e. The Bertz CT molecular complexity index is 719. The van der Waals surface area contributed by atoms with Crippen LogP contribution in [0.4, 0.5) is 0 Å². The molecule has 4 heteroatoms. The first kappa shape index (κ1) is 34.8. The third-order valence-electron chi connectivity index (χ3n) is 7.86. The summed E-state index contributed by atoms with van der Waals surface area (Å²) in [7, 11) is 0. The monoisotopic (exact) mass is 589 g/mol. The summed E-state index contributed by atoms with van der Waals surface area (Å²) in [6.07, 6.45) is 9.90. The second-order valence-electron chi connectivity index (χ2n) is 11.3. The van der Waals surface area contributed by atoms with Crippen molar-refractivity contribution < 1.29 is 30.7 Å². The van der Waals surface area contributed by atoms with Crippen molar-refractivity contribution in [1.29, 1.82) is 0 Å². The molecule has 0 radical (unpaired) electrons. The van der Waals surface area contributed by atoms with Crippen LogP contribution in [0.1, 0.15) is 90.2 Å². The second-order valence-corrected chi connectivity index (χ2v) is 11.3. The smallest absolute Gasteiger partial charge is 0.104 e. The number of hydrogen-bond donors (Lipinski definition) is 0. The molecule has 0 aliphatic rings. The normalized spacial score (nSPS) is 11.9. The van der Waals surface area contributed by atoms with E-state index in [2.05, 4.69) is 88.4 Å². The van der Waals surface area contributed by atoms with E-state index in [1.165, 1.54) is 124 Å². The molecule has 38 heavy (non-hydrogen) atoms. The Morgan fingerprint density at radius 3 is 1.13 bits per heavy atom. The van der Waals surface area contributed by atoms with Crippen LogP contribution in [-0.2, 0) is 17.8 Å². The van der Waals surface area contributed by atoms with E-state index in [4.69, 9.17) is 4.74 Å². The van der Waals surface area contributed by atoms with Crippen LogP contribution in [0, 0.1) is 0 Å². The lowest BCUT2D eigenvalue weighted by molar-refractivity contribution is -0.941. The van der Waals surface area contributed by atoms with E-state index in [1.807, 2.05) is 0 Å². The number of hydrogen-bond acceptors (Lipinski definition) is 1. The molecule has 0 aliphatic carbocycles. The van der Waals surface area contributed by atoms with Gasteiger partial charge in [0.2, 0.25) is 0 Å². The van der Waals surface area contributed by atoms with Gasteiger partial charge in [0, 0.05) is 24.3 Å². The Morgan fingerprint density at radius 2 is 0.816 bits per heavy atom. The minimum atomic E-state index is 0. The van der Waals surface area contributed by atoms with Gasteiger partial charge in [0.15, 0.2) is 0 Å². The van der Waals surface area contributed by atoms with Crippen LogP contribution < -0.4 is 17.0 Å². The molecule has 0 N–H and O–H groups in total. The van der Waals surface area contributed by atoms with Crippen LogP contribution in [0.3, 0.4) is 0 Å². The summed E-state index contributed by atoms with van der Waals surface area (Å²) in [5.74, 6) is 0. The van der Waals surface area contributed by atoms with Gasteiger partial charge >= 0.3 is 0 Å². The summed E-state index contributed by atoms with van der Waals surface area (Å²) in [6, 6.07) is 22.2. The summed E-state index contributed by atoms with van der Waals surface area (Å²) >= 11 is 0. The number of halogens is 1. The molecule has 2 aromatic rings. The molecule has 0 amide bonds. The number of nitrogens with zero attached hydrogens (tertiary/aromatic N) is 2. The number of benzene rings is 2. The quantitative estimate of drug-likeness (QED) is 0.135. The van der Waals surface area contributed by atoms with E-state index < -0.39 is 0 Å². The van der Waals surface area contributed by atoms with Gasteiger partial charge < -0.3 is 30.7 Å². The van der Waals surface area contributed by atoms with E-state index in [9.17, 15) is 0 Å². The van der Waals surface area contributed by atoms with Crippen molar-refractivity contribution in [2.24, 2.45) is 0 Å². The van der Waals surface area contributed by atoms with Crippen LogP contribution in [0.15, 0.2) is 60.7 Å². The number of quaternary nitrogens is 2. The summed E-state index contributed by atoms with van der Waals surface area (Å²) in [6.45, 7) is 21.2. The number of rotatable bonds is 22. The molecule has 0 heterocycles. The van der Waals surface area contributed by atoms with Gasteiger partial charge in [-0.05, 0) is 51.4 Å². The molecule has 0 spiro atoms. The van der Waals surface area contributed by atoms with Crippen molar-refractivity contribution in [3.63, 3.8) is 0 Å². The molecule has 3 nitrogen and oxygen atoms in total. The molecule has 2 aromatic carbocycles. The molecule has 0 unspecified atom stereocenters. The predicted molar refractivity (Wildman–Crippen MR) is 160 cm³/mol. The van der Waals surface area contributed by atoms with E-state index >= 15 is 0 Å². The fourth-order valence-electron chi connectivity index (χ4n) is 6.39. The van der Waals surface area contributed by atoms with Crippen LogP contribution in [0.5, 0.6) is 0 Å². The van der Waals surface area contributed by atoms with E-state index in [-0.39, 0.29) is 17.0 Å². The van der Waals surface area contributed by atoms with Crippen molar-refractivity contribution >= 4 is 0 Å². The van der Waals surface area contributed by atoms with Gasteiger partial charge in [-0.1, -0.05) is 88.4 Å². The van der Waals surface area contributed by atoms with Crippen molar-refractivity contribution in [3.05, 3.63) is 71.8 Å². The first-order valence-corrected chi connectivity index (χ1v) is 15.5. The van der Waals surface area contributed by atoms with Crippen LogP contribution >= 0.6 is 0 Å². The molecular formula is C34H58BrN2O+. The van der Waals surface area contributed by atoms with Gasteiger partial charge in [-0.3, -0.25) is 0 Å². The van der Waals surface area contributed by atoms with Gasteiger partial charge in [0.05, 0.1) is 39.3 Å². The van der Waals surface area contributed by atoms with Gasteiger partial charge in [0.1, 0.15) is 13.1 Å². The predicted octanol–water partition coefficient (Wildman–Crippen LogP) is 5.24. The Labute approximate surface area is 246 Å². The minimum absolute atomic E-state index is 0. The maximum Gasteiger partial charge on any atom is 0.104 e. The van der Waals surface area contributed by atoms with E-state index in [1.54, 1.807) is 0 Å². The zero-order chi connectivity index (χ0) is 26.7. The molecule has 216 valence electrons. The lowest BCUT2D eigenvalue weighted by atomic mass is 10.1. The number of unbranched alkanes of at least 4 members (excludes halogenated alkanes) is 2. The van der Waals surface area contributed by atoms with Crippen molar-refractivity contribution in [2.45, 2.75) is 92.2 Å². The zero-order valence-corrected chi connectivity index (χ0v) is 26.8. The molecule has 2 rings (SSSR count). The van der Waals surface area contributed by atoms with Gasteiger partial charge in [-0.15, -0.1) is 0 Å². The standard InChI is InChI=1S/C34H58N2O.BrH/c1-5-23-35(24-6-2,31-33-19-11-9-12-20-33)27-15-17-29-37-30-18-16-28-36(25-7-3,26-8-4)32-34-21-13-10-14-22-34;/h9-14,19-22H,5-8,15-18,23-32H2,1-4H3;1H/q+2;/p-1. The van der Waals surface area contributed by atoms with Crippen LogP contribution in [-0.4, -0.2) is 61.4 Å². The lowest BCUT2D eigenvalue weighted by Crippen LogP contribution is -3.00. The fourth-order valence-corrected chi connectivity index (χ4v) is 6.39. The molecule has 0 bridgehead atoms. The average molecular weight is 591 g/mol. The fraction of sp³-hybridized carbons (Fsp3) is 0.647. The molecule has 0 aromatic heterocycles. The Kier molecular flexibility index (Phi) is 18.9. The van der Waals surface area contributed by atoms with E-state index in [0.717, 1.165) is 13.2 Å². The van der Waals surface area contributed by atoms with Gasteiger partial charge in [-0.2, -0.15) is 0 Å². The molecule has 0 aliphatic heterocycles. The maximum atomic E-state index is 6.13. The Hall–Kier alpha value is -1.20. The largest absolute Gasteiger partial charge is 1.00 e. The molecule has 0 saturated carbocycles. The Balaban J connectivity index is 0.00000722. The summed E-state index contributed by atoms with van der Waals surface area (Å²) < 4.78 is 8.58. The Morgan fingerprint density at radius 1 is 0.474 bits per heavy atom. The first-order valence-electron chi connectivity index (χ1n) is 15.5. The highest BCUT2D eigenvalue weighted by molar-refractivity contribution is 5.14. The van der Waals surface area contributed by atoms with Crippen LogP contribution in [0.2, 0.25) is 0 Å². The zero-order valence-electron chi connectivity index (χ0n) is 25.2. The van der Waals surface area contributed by atoms with Crippen molar-refractivity contribution in [3.8, 4) is 0 Å². The molecule has 0 fully saturated rings. The SMILES string of the molecule is CCC[N+](CCC)(CCCCOCCCC[N+](CCC)(CCC)Cc1ccccc1)Cc1ccccc1.[Br-]. The summed E-state index contributed by atoms with van der Waals surface area (Å²) in [4.78, 5) is 0. The third kappa shape index (κ3) is 13.2. The summed E-state index contributed by atoms with van der Waals surface area (Å²) in [5, 5.41) is 0. The average Bonchev–Trinajstić information content (AvgIpc) is 2.89.